The van der Waals surface area contributed by atoms with Crippen molar-refractivity contribution >= 4 is 29.1 Å². The number of ether oxygens (including phenoxy) is 1. The van der Waals surface area contributed by atoms with Crippen molar-refractivity contribution in [3.05, 3.63) is 64.2 Å². The molecular weight excluding hydrogens is 368 g/mol. The number of aliphatic hydroxyl groups excluding tert-OH is 1. The molecule has 27 heavy (non-hydrogen) atoms. The molecular formula is C20H23ClN2O4. The van der Waals surface area contributed by atoms with Gasteiger partial charge in [0.2, 0.25) is 0 Å². The Bertz CT molecular complexity index is 793. The van der Waals surface area contributed by atoms with Crippen LogP contribution in [0, 0.1) is 13.8 Å². The zero-order valence-corrected chi connectivity index (χ0v) is 16.0. The number of hydrogen-bond acceptors (Lipinski definition) is 4. The number of benzene rings is 2. The topological polar surface area (TPSA) is 87.7 Å². The standard InChI is InChI=1S/C20H23ClN2O4/c1-13-3-6-15(7-4-13)18(27-10-9-24)12-22-19(25)20(26)23-17-11-16(21)8-5-14(17)2/h3-8,11,18,24H,9-10,12H2,1-2H3,(H,22,25)(H,23,26)/t18-/m1/s1. The molecule has 0 aliphatic carbocycles. The molecule has 2 amide bonds. The Labute approximate surface area is 163 Å². The van der Waals surface area contributed by atoms with Crippen LogP contribution in [0.5, 0.6) is 0 Å². The van der Waals surface area contributed by atoms with Crippen LogP contribution < -0.4 is 10.6 Å². The smallest absolute Gasteiger partial charge is 0.313 e. The molecule has 0 aliphatic rings. The number of aliphatic hydroxyl groups is 1. The summed E-state index contributed by atoms with van der Waals surface area (Å²) < 4.78 is 5.59. The first-order valence-corrected chi connectivity index (χ1v) is 8.93. The van der Waals surface area contributed by atoms with Crippen LogP contribution >= 0.6 is 11.6 Å². The maximum atomic E-state index is 12.1. The Balaban J connectivity index is 1.98. The normalized spacial score (nSPS) is 11.7. The predicted octanol–water partition coefficient (Wildman–Crippen LogP) is 2.76. The van der Waals surface area contributed by atoms with Gasteiger partial charge in [0.05, 0.1) is 19.3 Å². The van der Waals surface area contributed by atoms with Gasteiger partial charge in [0.1, 0.15) is 0 Å². The summed E-state index contributed by atoms with van der Waals surface area (Å²) in [6.45, 7) is 3.87. The molecule has 0 aromatic heterocycles. The van der Waals surface area contributed by atoms with Gasteiger partial charge in [-0.2, -0.15) is 0 Å². The van der Waals surface area contributed by atoms with E-state index in [0.29, 0.717) is 10.7 Å². The molecule has 0 fully saturated rings. The van der Waals surface area contributed by atoms with E-state index in [0.717, 1.165) is 16.7 Å². The maximum Gasteiger partial charge on any atom is 0.313 e. The molecule has 0 unspecified atom stereocenters. The number of halogens is 1. The van der Waals surface area contributed by atoms with Crippen molar-refractivity contribution in [1.82, 2.24) is 5.32 Å². The van der Waals surface area contributed by atoms with Crippen LogP contribution in [0.25, 0.3) is 0 Å². The molecule has 0 heterocycles. The summed E-state index contributed by atoms with van der Waals surface area (Å²) in [5.41, 5.74) is 3.22. The second-order valence-corrected chi connectivity index (χ2v) is 6.55. The third-order valence-electron chi connectivity index (χ3n) is 3.96. The number of carbonyl (C=O) groups is 2. The average Bonchev–Trinajstić information content (AvgIpc) is 2.65. The van der Waals surface area contributed by atoms with Crippen molar-refractivity contribution in [2.24, 2.45) is 0 Å². The van der Waals surface area contributed by atoms with Gasteiger partial charge in [0.25, 0.3) is 0 Å². The Morgan fingerprint density at radius 3 is 2.48 bits per heavy atom. The highest BCUT2D eigenvalue weighted by Crippen LogP contribution is 2.20. The van der Waals surface area contributed by atoms with Crippen molar-refractivity contribution in [2.45, 2.75) is 20.0 Å². The summed E-state index contributed by atoms with van der Waals surface area (Å²) >= 11 is 5.92. The zero-order chi connectivity index (χ0) is 19.8. The predicted molar refractivity (Wildman–Crippen MR) is 105 cm³/mol. The second kappa shape index (κ2) is 10.1. The van der Waals surface area contributed by atoms with Gasteiger partial charge < -0.3 is 20.5 Å². The van der Waals surface area contributed by atoms with Gasteiger partial charge >= 0.3 is 11.8 Å². The van der Waals surface area contributed by atoms with E-state index in [1.165, 1.54) is 0 Å². The minimum absolute atomic E-state index is 0.101. The zero-order valence-electron chi connectivity index (χ0n) is 15.3. The molecule has 1 atom stereocenters. The monoisotopic (exact) mass is 390 g/mol. The van der Waals surface area contributed by atoms with Crippen LogP contribution in [-0.2, 0) is 14.3 Å². The number of nitrogens with one attached hydrogen (secondary N) is 2. The van der Waals surface area contributed by atoms with Crippen LogP contribution in [0.15, 0.2) is 42.5 Å². The second-order valence-electron chi connectivity index (χ2n) is 6.12. The number of rotatable bonds is 7. The number of hydrogen-bond donors (Lipinski definition) is 3. The molecule has 2 rings (SSSR count). The van der Waals surface area contributed by atoms with E-state index in [2.05, 4.69) is 10.6 Å². The van der Waals surface area contributed by atoms with Crippen molar-refractivity contribution in [3.63, 3.8) is 0 Å². The highest BCUT2D eigenvalue weighted by molar-refractivity contribution is 6.40. The summed E-state index contributed by atoms with van der Waals surface area (Å²) in [5, 5.41) is 14.6. The first-order chi connectivity index (χ1) is 12.9. The summed E-state index contributed by atoms with van der Waals surface area (Å²) in [4.78, 5) is 24.3. The Morgan fingerprint density at radius 2 is 1.81 bits per heavy atom. The van der Waals surface area contributed by atoms with Crippen molar-refractivity contribution < 1.29 is 19.4 Å². The fourth-order valence-electron chi connectivity index (χ4n) is 2.42. The molecule has 3 N–H and O–H groups in total. The van der Waals surface area contributed by atoms with Gasteiger partial charge in [-0.15, -0.1) is 0 Å². The number of carbonyl (C=O) groups excluding carboxylic acids is 2. The van der Waals surface area contributed by atoms with Crippen LogP contribution in [0.2, 0.25) is 5.02 Å². The van der Waals surface area contributed by atoms with Gasteiger partial charge in [0.15, 0.2) is 0 Å². The first kappa shape index (κ1) is 20.9. The molecule has 2 aromatic carbocycles. The lowest BCUT2D eigenvalue weighted by Crippen LogP contribution is -2.38. The third-order valence-corrected chi connectivity index (χ3v) is 4.20. The lowest BCUT2D eigenvalue weighted by molar-refractivity contribution is -0.136. The molecule has 0 spiro atoms. The fraction of sp³-hybridized carbons (Fsp3) is 0.300. The molecule has 2 aromatic rings. The Hall–Kier alpha value is -2.41. The van der Waals surface area contributed by atoms with E-state index >= 15 is 0 Å². The fourth-order valence-corrected chi connectivity index (χ4v) is 2.59. The van der Waals surface area contributed by atoms with Crippen LogP contribution in [0.1, 0.15) is 22.8 Å². The molecule has 6 nitrogen and oxygen atoms in total. The first-order valence-electron chi connectivity index (χ1n) is 8.55. The SMILES string of the molecule is Cc1ccc([C@@H](CNC(=O)C(=O)Nc2cc(Cl)ccc2C)OCCO)cc1. The third kappa shape index (κ3) is 6.36. The van der Waals surface area contributed by atoms with E-state index in [4.69, 9.17) is 21.4 Å². The van der Waals surface area contributed by atoms with Crippen molar-refractivity contribution in [1.29, 1.82) is 0 Å². The minimum atomic E-state index is -0.787. The van der Waals surface area contributed by atoms with Crippen molar-refractivity contribution in [3.8, 4) is 0 Å². The largest absolute Gasteiger partial charge is 0.394 e. The average molecular weight is 391 g/mol. The van der Waals surface area contributed by atoms with Crippen LogP contribution in [-0.4, -0.2) is 36.7 Å². The van der Waals surface area contributed by atoms with E-state index in [-0.39, 0.29) is 19.8 Å². The van der Waals surface area contributed by atoms with Gasteiger partial charge in [-0.1, -0.05) is 47.5 Å². The lowest BCUT2D eigenvalue weighted by Gasteiger charge is -2.19. The molecule has 144 valence electrons. The maximum absolute atomic E-state index is 12.1. The highest BCUT2D eigenvalue weighted by atomic mass is 35.5. The highest BCUT2D eigenvalue weighted by Gasteiger charge is 2.18. The van der Waals surface area contributed by atoms with E-state index in [1.807, 2.05) is 31.2 Å². The number of aryl methyl sites for hydroxylation is 2. The summed E-state index contributed by atoms with van der Waals surface area (Å²) in [7, 11) is 0. The van der Waals surface area contributed by atoms with Gasteiger partial charge in [-0.3, -0.25) is 9.59 Å². The van der Waals surface area contributed by atoms with Crippen LogP contribution in [0.4, 0.5) is 5.69 Å². The van der Waals surface area contributed by atoms with Crippen LogP contribution in [0.3, 0.4) is 0 Å². The van der Waals surface area contributed by atoms with Gasteiger partial charge in [0, 0.05) is 17.3 Å². The summed E-state index contributed by atoms with van der Waals surface area (Å²) in [6, 6.07) is 12.7. The number of amides is 2. The number of anilines is 1. The van der Waals surface area contributed by atoms with Gasteiger partial charge in [-0.05, 0) is 37.1 Å². The van der Waals surface area contributed by atoms with E-state index in [9.17, 15) is 9.59 Å². The Morgan fingerprint density at radius 1 is 1.11 bits per heavy atom. The summed E-state index contributed by atoms with van der Waals surface area (Å²) in [5.74, 6) is -1.57. The molecule has 0 saturated carbocycles. The van der Waals surface area contributed by atoms with E-state index in [1.54, 1.807) is 25.1 Å². The van der Waals surface area contributed by atoms with Gasteiger partial charge in [-0.25, -0.2) is 0 Å². The molecule has 0 radical (unpaired) electrons. The summed E-state index contributed by atoms with van der Waals surface area (Å²) in [6.07, 6.45) is -0.470. The minimum Gasteiger partial charge on any atom is -0.394 e. The molecule has 7 heteroatoms. The lowest BCUT2D eigenvalue weighted by atomic mass is 10.1. The van der Waals surface area contributed by atoms with E-state index < -0.39 is 17.9 Å². The Kier molecular flexibility index (Phi) is 7.79. The van der Waals surface area contributed by atoms with Crippen molar-refractivity contribution in [2.75, 3.05) is 25.1 Å². The molecule has 0 saturated heterocycles. The quantitative estimate of drug-likeness (QED) is 0.634. The molecule has 0 bridgehead atoms. The molecule has 0 aliphatic heterocycles.